The van der Waals surface area contributed by atoms with E-state index in [0.29, 0.717) is 11.7 Å². The number of halogens is 1. The Labute approximate surface area is 233 Å². The van der Waals surface area contributed by atoms with Gasteiger partial charge in [0, 0.05) is 29.6 Å². The number of carbonyl (C=O) groups excluding carboxylic acids is 1. The van der Waals surface area contributed by atoms with Gasteiger partial charge in [-0.2, -0.15) is 0 Å². The molecule has 0 radical (unpaired) electrons. The molecule has 1 aromatic carbocycles. The molecule has 1 saturated carbocycles. The van der Waals surface area contributed by atoms with E-state index in [-0.39, 0.29) is 23.6 Å². The Bertz CT molecular complexity index is 1290. The maximum Gasteiger partial charge on any atom is 0.414 e. The lowest BCUT2D eigenvalue weighted by Crippen LogP contribution is -2.40. The summed E-state index contributed by atoms with van der Waals surface area (Å²) in [6, 6.07) is 11.0. The van der Waals surface area contributed by atoms with Crippen molar-refractivity contribution in [3.63, 3.8) is 0 Å². The number of pyridine rings is 1. The zero-order valence-electron chi connectivity index (χ0n) is 22.8. The number of hydrogen-bond donors (Lipinski definition) is 2. The van der Waals surface area contributed by atoms with Gasteiger partial charge in [-0.15, -0.1) is 0 Å². The highest BCUT2D eigenvalue weighted by Gasteiger charge is 2.33. The molecule has 1 unspecified atom stereocenters. The third-order valence-corrected chi connectivity index (χ3v) is 8.25. The third kappa shape index (κ3) is 7.33. The average Bonchev–Trinajstić information content (AvgIpc) is 3.43. The second-order valence-electron chi connectivity index (χ2n) is 11.0. The molecular weight excluding hydrogens is 515 g/mol. The largest absolute Gasteiger partial charge is 0.473 e. The van der Waals surface area contributed by atoms with Crippen molar-refractivity contribution in [2.45, 2.75) is 63.7 Å². The standard InChI is InChI=1S/C29H35FN2O2.C2H2O4/c1-20-19-32(14-10-24(20)26-18-23(30)17-22-12-16-34-29(22)26)15-11-25(27-9-5-6-13-31-27)28(33)21-7-3-2-4-8-21;3-1(4)2(5)6/h5-6,9,12-13,16-18,20-21,24-25H,2-4,7-8,10-11,14-15,19H2,1H3;(H,3,4)(H,5,6)/t20-,24+,25?;/m1./s1. The molecule has 40 heavy (non-hydrogen) atoms. The first-order valence-corrected chi connectivity index (χ1v) is 14.0. The fraction of sp³-hybridized carbons (Fsp3) is 0.484. The normalized spacial score (nSPS) is 20.9. The molecule has 3 atom stereocenters. The van der Waals surface area contributed by atoms with Crippen LogP contribution in [0, 0.1) is 17.7 Å². The van der Waals surface area contributed by atoms with Crippen LogP contribution in [0.5, 0.6) is 0 Å². The predicted molar refractivity (Wildman–Crippen MR) is 148 cm³/mol. The van der Waals surface area contributed by atoms with Crippen molar-refractivity contribution in [2.24, 2.45) is 11.8 Å². The van der Waals surface area contributed by atoms with E-state index in [2.05, 4.69) is 16.8 Å². The number of aromatic nitrogens is 1. The van der Waals surface area contributed by atoms with Gasteiger partial charge < -0.3 is 19.5 Å². The van der Waals surface area contributed by atoms with E-state index >= 15 is 0 Å². The van der Waals surface area contributed by atoms with Gasteiger partial charge in [0.1, 0.15) is 17.2 Å². The minimum Gasteiger partial charge on any atom is -0.473 e. The lowest BCUT2D eigenvalue weighted by molar-refractivity contribution is -0.159. The minimum atomic E-state index is -1.82. The van der Waals surface area contributed by atoms with E-state index < -0.39 is 11.9 Å². The van der Waals surface area contributed by atoms with Crippen LogP contribution in [0.25, 0.3) is 11.0 Å². The maximum atomic E-state index is 14.2. The number of piperidine rings is 1. The fourth-order valence-corrected chi connectivity index (χ4v) is 6.25. The molecule has 9 heteroatoms. The van der Waals surface area contributed by atoms with Gasteiger partial charge in [-0.05, 0) is 80.9 Å². The molecule has 2 fully saturated rings. The molecule has 2 aliphatic rings. The van der Waals surface area contributed by atoms with Crippen LogP contribution in [-0.4, -0.2) is 57.5 Å². The number of ketones is 1. The number of benzene rings is 1. The van der Waals surface area contributed by atoms with Crippen molar-refractivity contribution >= 4 is 28.7 Å². The monoisotopic (exact) mass is 552 g/mol. The fourth-order valence-electron chi connectivity index (χ4n) is 6.25. The van der Waals surface area contributed by atoms with Gasteiger partial charge in [0.05, 0.1) is 17.9 Å². The van der Waals surface area contributed by atoms with Gasteiger partial charge in [-0.3, -0.25) is 9.78 Å². The van der Waals surface area contributed by atoms with Crippen molar-refractivity contribution < 1.29 is 33.4 Å². The number of Topliss-reactive ketones (excluding diaryl/α,β-unsaturated/α-hetero) is 1. The number of rotatable bonds is 7. The highest BCUT2D eigenvalue weighted by Crippen LogP contribution is 2.38. The number of hydrogen-bond acceptors (Lipinski definition) is 6. The lowest BCUT2D eigenvalue weighted by Gasteiger charge is -2.38. The van der Waals surface area contributed by atoms with Crippen LogP contribution in [-0.2, 0) is 14.4 Å². The summed E-state index contributed by atoms with van der Waals surface area (Å²) in [6.45, 7) is 5.02. The van der Waals surface area contributed by atoms with Gasteiger partial charge in [0.25, 0.3) is 0 Å². The van der Waals surface area contributed by atoms with E-state index in [1.54, 1.807) is 24.6 Å². The van der Waals surface area contributed by atoms with E-state index in [1.165, 1.54) is 19.3 Å². The van der Waals surface area contributed by atoms with E-state index in [1.807, 2.05) is 24.3 Å². The molecule has 5 rings (SSSR count). The number of carboxylic acids is 2. The van der Waals surface area contributed by atoms with E-state index in [9.17, 15) is 9.18 Å². The summed E-state index contributed by atoms with van der Waals surface area (Å²) in [5.41, 5.74) is 2.73. The molecule has 2 aromatic heterocycles. The number of aliphatic carboxylic acids is 2. The van der Waals surface area contributed by atoms with E-state index in [4.69, 9.17) is 24.2 Å². The number of fused-ring (bicyclic) bond motifs is 1. The number of likely N-dealkylation sites (tertiary alicyclic amines) is 1. The Morgan fingerprint density at radius 3 is 2.48 bits per heavy atom. The Morgan fingerprint density at radius 1 is 1.07 bits per heavy atom. The Morgan fingerprint density at radius 2 is 1.82 bits per heavy atom. The van der Waals surface area contributed by atoms with Crippen LogP contribution in [0.4, 0.5) is 4.39 Å². The maximum absolute atomic E-state index is 14.2. The van der Waals surface area contributed by atoms with E-state index in [0.717, 1.165) is 67.5 Å². The second kappa shape index (κ2) is 13.7. The van der Waals surface area contributed by atoms with Gasteiger partial charge >= 0.3 is 11.9 Å². The molecule has 214 valence electrons. The number of carbonyl (C=O) groups is 3. The topological polar surface area (TPSA) is 121 Å². The first-order chi connectivity index (χ1) is 19.2. The Balaban J connectivity index is 0.000000557. The zero-order chi connectivity index (χ0) is 28.6. The van der Waals surface area contributed by atoms with Crippen LogP contribution in [0.15, 0.2) is 53.3 Å². The highest BCUT2D eigenvalue weighted by atomic mass is 19.1. The summed E-state index contributed by atoms with van der Waals surface area (Å²) in [5, 5.41) is 15.6. The minimum absolute atomic E-state index is 0.122. The first kappa shape index (κ1) is 29.4. The summed E-state index contributed by atoms with van der Waals surface area (Å²) in [7, 11) is 0. The molecule has 1 aliphatic carbocycles. The van der Waals surface area contributed by atoms with Crippen molar-refractivity contribution in [1.29, 1.82) is 0 Å². The number of carboxylic acid groups (broad SMARTS) is 2. The smallest absolute Gasteiger partial charge is 0.414 e. The van der Waals surface area contributed by atoms with Crippen LogP contribution in [0.1, 0.15) is 75.0 Å². The Kier molecular flexibility index (Phi) is 10.0. The Hall–Kier alpha value is -3.59. The highest BCUT2D eigenvalue weighted by molar-refractivity contribution is 6.27. The second-order valence-corrected chi connectivity index (χ2v) is 11.0. The van der Waals surface area contributed by atoms with Gasteiger partial charge in [-0.25, -0.2) is 14.0 Å². The summed E-state index contributed by atoms with van der Waals surface area (Å²) >= 11 is 0. The van der Waals surface area contributed by atoms with Crippen molar-refractivity contribution in [1.82, 2.24) is 9.88 Å². The molecule has 2 N–H and O–H groups in total. The molecule has 0 amide bonds. The van der Waals surface area contributed by atoms with Crippen LogP contribution < -0.4 is 0 Å². The van der Waals surface area contributed by atoms with Gasteiger partial charge in [-0.1, -0.05) is 32.3 Å². The average molecular weight is 553 g/mol. The van der Waals surface area contributed by atoms with Crippen molar-refractivity contribution in [2.75, 3.05) is 19.6 Å². The van der Waals surface area contributed by atoms with Crippen molar-refractivity contribution in [3.05, 3.63) is 65.9 Å². The summed E-state index contributed by atoms with van der Waals surface area (Å²) in [6.07, 6.45) is 10.9. The predicted octanol–water partition coefficient (Wildman–Crippen LogP) is 5.87. The summed E-state index contributed by atoms with van der Waals surface area (Å²) in [4.78, 5) is 38.7. The molecule has 1 aliphatic heterocycles. The van der Waals surface area contributed by atoms with Gasteiger partial charge in [0.2, 0.25) is 0 Å². The SMILES string of the molecule is C[C@@H]1CN(CCC(C(=O)C2CCCCC2)c2ccccn2)CC[C@@H]1c1cc(F)cc2ccoc12.O=C(O)C(=O)O. The first-order valence-electron chi connectivity index (χ1n) is 14.0. The van der Waals surface area contributed by atoms with Crippen LogP contribution >= 0.6 is 0 Å². The molecule has 1 saturated heterocycles. The molecule has 0 spiro atoms. The van der Waals surface area contributed by atoms with Crippen molar-refractivity contribution in [3.8, 4) is 0 Å². The van der Waals surface area contributed by atoms with Crippen LogP contribution in [0.2, 0.25) is 0 Å². The third-order valence-electron chi connectivity index (χ3n) is 8.25. The number of nitrogens with zero attached hydrogens (tertiary/aromatic N) is 2. The number of furan rings is 1. The quantitative estimate of drug-likeness (QED) is 0.349. The summed E-state index contributed by atoms with van der Waals surface area (Å²) < 4.78 is 20.0. The molecule has 3 aromatic rings. The molecule has 3 heterocycles. The molecule has 0 bridgehead atoms. The summed E-state index contributed by atoms with van der Waals surface area (Å²) in [5.74, 6) is -2.73. The van der Waals surface area contributed by atoms with Crippen LogP contribution in [0.3, 0.4) is 0 Å². The molecular formula is C31H37FN2O6. The lowest BCUT2D eigenvalue weighted by atomic mass is 9.79. The zero-order valence-corrected chi connectivity index (χ0v) is 22.8. The van der Waals surface area contributed by atoms with Gasteiger partial charge in [0.15, 0.2) is 0 Å². The molecule has 8 nitrogen and oxygen atoms in total.